The van der Waals surface area contributed by atoms with Gasteiger partial charge in [-0.1, -0.05) is 29.5 Å². The third kappa shape index (κ3) is 2.27. The van der Waals surface area contributed by atoms with E-state index in [0.717, 1.165) is 12.2 Å². The number of aromatic nitrogens is 3. The lowest BCUT2D eigenvalue weighted by Crippen LogP contribution is -2.15. The van der Waals surface area contributed by atoms with Gasteiger partial charge in [0, 0.05) is 18.7 Å². The van der Waals surface area contributed by atoms with Crippen LogP contribution in [0.2, 0.25) is 0 Å². The first kappa shape index (κ1) is 11.7. The summed E-state index contributed by atoms with van der Waals surface area (Å²) in [4.78, 5) is 0. The highest BCUT2D eigenvalue weighted by molar-refractivity contribution is 6.16. The van der Waals surface area contributed by atoms with Crippen LogP contribution in [-0.2, 0) is 18.8 Å². The average molecular weight is 262 g/mol. The van der Waals surface area contributed by atoms with Crippen molar-refractivity contribution < 1.29 is 0 Å². The fourth-order valence-electron chi connectivity index (χ4n) is 2.76. The van der Waals surface area contributed by atoms with Crippen molar-refractivity contribution in [3.63, 3.8) is 0 Å². The predicted octanol–water partition coefficient (Wildman–Crippen LogP) is 3.14. The van der Waals surface area contributed by atoms with Crippen molar-refractivity contribution in [1.29, 1.82) is 0 Å². The zero-order valence-corrected chi connectivity index (χ0v) is 11.0. The summed E-state index contributed by atoms with van der Waals surface area (Å²) in [5.41, 5.74) is 3.82. The van der Waals surface area contributed by atoms with Crippen LogP contribution in [0.1, 0.15) is 35.6 Å². The van der Waals surface area contributed by atoms with Gasteiger partial charge in [-0.2, -0.15) is 0 Å². The topological polar surface area (TPSA) is 30.7 Å². The Hall–Kier alpha value is -1.35. The molecule has 1 aliphatic carbocycles. The van der Waals surface area contributed by atoms with E-state index in [1.807, 2.05) is 10.9 Å². The van der Waals surface area contributed by atoms with Crippen LogP contribution in [-0.4, -0.2) is 15.0 Å². The molecule has 0 fully saturated rings. The van der Waals surface area contributed by atoms with Crippen LogP contribution in [0.4, 0.5) is 0 Å². The number of hydrogen-bond acceptors (Lipinski definition) is 2. The summed E-state index contributed by atoms with van der Waals surface area (Å²) in [6, 6.07) is 8.75. The summed E-state index contributed by atoms with van der Waals surface area (Å²) < 4.78 is 1.92. The van der Waals surface area contributed by atoms with Crippen molar-refractivity contribution in [3.8, 4) is 0 Å². The first-order valence-corrected chi connectivity index (χ1v) is 6.93. The number of aryl methyl sites for hydroxylation is 1. The van der Waals surface area contributed by atoms with Crippen molar-refractivity contribution in [1.82, 2.24) is 15.0 Å². The summed E-state index contributed by atoms with van der Waals surface area (Å²) in [6.45, 7) is 0.904. The van der Waals surface area contributed by atoms with Gasteiger partial charge in [0.2, 0.25) is 0 Å². The van der Waals surface area contributed by atoms with Gasteiger partial charge >= 0.3 is 0 Å². The van der Waals surface area contributed by atoms with E-state index in [1.54, 1.807) is 0 Å². The molecule has 0 radical (unpaired) electrons. The standard InChI is InChI=1S/C14H16ClN3/c15-8-13-10-18(17-16-13)9-12-6-3-5-11-4-1-2-7-14(11)12/h1-2,4,7,10,12H,3,5-6,8-9H2. The molecule has 1 aromatic heterocycles. The van der Waals surface area contributed by atoms with E-state index < -0.39 is 0 Å². The molecule has 1 heterocycles. The average Bonchev–Trinajstić information content (AvgIpc) is 2.87. The van der Waals surface area contributed by atoms with Crippen molar-refractivity contribution in [2.24, 2.45) is 0 Å². The lowest BCUT2D eigenvalue weighted by Gasteiger charge is -2.25. The molecular weight excluding hydrogens is 246 g/mol. The minimum atomic E-state index is 0.432. The lowest BCUT2D eigenvalue weighted by atomic mass is 9.83. The highest BCUT2D eigenvalue weighted by atomic mass is 35.5. The highest BCUT2D eigenvalue weighted by Crippen LogP contribution is 2.32. The Morgan fingerprint density at radius 3 is 3.06 bits per heavy atom. The molecular formula is C14H16ClN3. The van der Waals surface area contributed by atoms with Crippen molar-refractivity contribution in [2.45, 2.75) is 37.6 Å². The third-order valence-corrected chi connectivity index (χ3v) is 3.90. The van der Waals surface area contributed by atoms with Crippen LogP contribution in [0, 0.1) is 0 Å². The molecule has 3 rings (SSSR count). The van der Waals surface area contributed by atoms with Gasteiger partial charge in [-0.15, -0.1) is 16.7 Å². The fraction of sp³-hybridized carbons (Fsp3) is 0.429. The first-order valence-electron chi connectivity index (χ1n) is 6.39. The van der Waals surface area contributed by atoms with Crippen molar-refractivity contribution in [2.75, 3.05) is 0 Å². The maximum absolute atomic E-state index is 5.75. The molecule has 0 aliphatic heterocycles. The van der Waals surface area contributed by atoms with Crippen LogP contribution in [0.15, 0.2) is 30.5 Å². The van der Waals surface area contributed by atoms with Gasteiger partial charge in [0.25, 0.3) is 0 Å². The van der Waals surface area contributed by atoms with Crippen LogP contribution >= 0.6 is 11.6 Å². The Bertz CT molecular complexity index is 535. The molecule has 94 valence electrons. The second-order valence-corrected chi connectivity index (χ2v) is 5.12. The number of alkyl halides is 1. The molecule has 0 amide bonds. The van der Waals surface area contributed by atoms with Gasteiger partial charge in [-0.3, -0.25) is 4.68 Å². The van der Waals surface area contributed by atoms with Gasteiger partial charge in [0.05, 0.1) is 11.6 Å². The molecule has 3 nitrogen and oxygen atoms in total. The summed E-state index contributed by atoms with van der Waals surface area (Å²) in [5, 5.41) is 8.17. The minimum absolute atomic E-state index is 0.432. The summed E-state index contributed by atoms with van der Waals surface area (Å²) in [6.07, 6.45) is 5.65. The molecule has 0 saturated carbocycles. The lowest BCUT2D eigenvalue weighted by molar-refractivity contribution is 0.449. The van der Waals surface area contributed by atoms with Crippen LogP contribution in [0.5, 0.6) is 0 Å². The molecule has 18 heavy (non-hydrogen) atoms. The van der Waals surface area contributed by atoms with E-state index in [4.69, 9.17) is 11.6 Å². The van der Waals surface area contributed by atoms with Crippen molar-refractivity contribution >= 4 is 11.6 Å². The normalized spacial score (nSPS) is 18.6. The molecule has 1 aromatic carbocycles. The maximum Gasteiger partial charge on any atom is 0.0974 e. The van der Waals surface area contributed by atoms with E-state index in [0.29, 0.717) is 11.8 Å². The molecule has 1 unspecified atom stereocenters. The van der Waals surface area contributed by atoms with E-state index in [-0.39, 0.29) is 0 Å². The van der Waals surface area contributed by atoms with E-state index >= 15 is 0 Å². The SMILES string of the molecule is ClCc1cn(CC2CCCc3ccccc32)nn1. The Morgan fingerprint density at radius 2 is 2.22 bits per heavy atom. The zero-order chi connectivity index (χ0) is 12.4. The summed E-state index contributed by atoms with van der Waals surface area (Å²) in [5.74, 6) is 0.987. The molecule has 0 spiro atoms. The molecule has 0 N–H and O–H groups in total. The van der Waals surface area contributed by atoms with Crippen LogP contribution in [0.3, 0.4) is 0 Å². The van der Waals surface area contributed by atoms with E-state index in [1.165, 1.54) is 30.4 Å². The Balaban J connectivity index is 1.81. The Kier molecular flexibility index (Phi) is 3.33. The molecule has 4 heteroatoms. The van der Waals surface area contributed by atoms with Gasteiger partial charge in [0.15, 0.2) is 0 Å². The summed E-state index contributed by atoms with van der Waals surface area (Å²) >= 11 is 5.75. The maximum atomic E-state index is 5.75. The van der Waals surface area contributed by atoms with Gasteiger partial charge in [0.1, 0.15) is 0 Å². The van der Waals surface area contributed by atoms with E-state index in [9.17, 15) is 0 Å². The van der Waals surface area contributed by atoms with Gasteiger partial charge < -0.3 is 0 Å². The predicted molar refractivity (Wildman–Crippen MR) is 71.7 cm³/mol. The minimum Gasteiger partial charge on any atom is -0.252 e. The number of rotatable bonds is 3. The first-order chi connectivity index (χ1) is 8.86. The fourth-order valence-corrected chi connectivity index (χ4v) is 2.88. The molecule has 0 saturated heterocycles. The van der Waals surface area contributed by atoms with E-state index in [2.05, 4.69) is 34.6 Å². The number of nitrogens with zero attached hydrogens (tertiary/aromatic N) is 3. The largest absolute Gasteiger partial charge is 0.252 e. The highest BCUT2D eigenvalue weighted by Gasteiger charge is 2.20. The molecule has 0 bridgehead atoms. The number of halogens is 1. The number of hydrogen-bond donors (Lipinski definition) is 0. The monoisotopic (exact) mass is 261 g/mol. The number of fused-ring (bicyclic) bond motifs is 1. The van der Waals surface area contributed by atoms with Crippen LogP contribution < -0.4 is 0 Å². The molecule has 2 aromatic rings. The zero-order valence-electron chi connectivity index (χ0n) is 10.2. The molecule has 1 aliphatic rings. The smallest absolute Gasteiger partial charge is 0.0974 e. The molecule has 1 atom stereocenters. The Labute approximate surface area is 112 Å². The Morgan fingerprint density at radius 1 is 1.33 bits per heavy atom. The number of benzene rings is 1. The second-order valence-electron chi connectivity index (χ2n) is 4.85. The summed E-state index contributed by atoms with van der Waals surface area (Å²) in [7, 11) is 0. The van der Waals surface area contributed by atoms with Gasteiger partial charge in [-0.25, -0.2) is 0 Å². The third-order valence-electron chi connectivity index (χ3n) is 3.62. The quantitative estimate of drug-likeness (QED) is 0.795. The van der Waals surface area contributed by atoms with Crippen LogP contribution in [0.25, 0.3) is 0 Å². The second kappa shape index (κ2) is 5.11. The van der Waals surface area contributed by atoms with Crippen molar-refractivity contribution in [3.05, 3.63) is 47.3 Å². The van der Waals surface area contributed by atoms with Gasteiger partial charge in [-0.05, 0) is 30.4 Å².